The number of rotatable bonds is 3. The molecular weight excluding hydrogens is 225 g/mol. The Balaban J connectivity index is 2.08. The number of pyridine rings is 1. The monoisotopic (exact) mass is 239 g/mol. The molecule has 0 radical (unpaired) electrons. The lowest BCUT2D eigenvalue weighted by atomic mass is 9.78. The minimum absolute atomic E-state index is 0.542. The highest BCUT2D eigenvalue weighted by atomic mass is 16.4. The van der Waals surface area contributed by atoms with Crippen LogP contribution in [0.1, 0.15) is 24.3 Å². The summed E-state index contributed by atoms with van der Waals surface area (Å²) in [5.74, 6) is 0.575. The van der Waals surface area contributed by atoms with Gasteiger partial charge in [-0.2, -0.15) is 0 Å². The molecular formula is C14H14BNO2. The van der Waals surface area contributed by atoms with E-state index in [1.807, 2.05) is 24.3 Å². The van der Waals surface area contributed by atoms with Crippen LogP contribution in [-0.4, -0.2) is 22.2 Å². The molecule has 2 aromatic rings. The first-order valence-electron chi connectivity index (χ1n) is 6.16. The Morgan fingerprint density at radius 3 is 2.56 bits per heavy atom. The summed E-state index contributed by atoms with van der Waals surface area (Å²) in [5.41, 5.74) is 3.53. The van der Waals surface area contributed by atoms with Gasteiger partial charge in [0.2, 0.25) is 0 Å². The summed E-state index contributed by atoms with van der Waals surface area (Å²) >= 11 is 0. The number of hydrogen-bond donors (Lipinski definition) is 2. The fourth-order valence-corrected chi connectivity index (χ4v) is 2.16. The van der Waals surface area contributed by atoms with E-state index in [1.54, 1.807) is 12.3 Å². The second-order valence-electron chi connectivity index (χ2n) is 4.75. The molecule has 0 amide bonds. The van der Waals surface area contributed by atoms with Crippen LogP contribution in [0, 0.1) is 0 Å². The van der Waals surface area contributed by atoms with Gasteiger partial charge in [-0.1, -0.05) is 18.2 Å². The first-order chi connectivity index (χ1) is 8.74. The third-order valence-corrected chi connectivity index (χ3v) is 3.29. The highest BCUT2D eigenvalue weighted by Gasteiger charge is 2.25. The smallest absolute Gasteiger partial charge is 0.423 e. The molecule has 1 fully saturated rings. The van der Waals surface area contributed by atoms with Gasteiger partial charge >= 0.3 is 7.12 Å². The summed E-state index contributed by atoms with van der Waals surface area (Å²) in [6.07, 6.45) is 4.12. The van der Waals surface area contributed by atoms with Crippen molar-refractivity contribution in [2.45, 2.75) is 18.8 Å². The minimum atomic E-state index is -1.42. The van der Waals surface area contributed by atoms with Crippen molar-refractivity contribution in [1.29, 1.82) is 0 Å². The Kier molecular flexibility index (Phi) is 2.90. The number of nitrogens with zero attached hydrogens (tertiary/aromatic N) is 1. The Morgan fingerprint density at radius 1 is 1.11 bits per heavy atom. The highest BCUT2D eigenvalue weighted by molar-refractivity contribution is 6.58. The van der Waals surface area contributed by atoms with Gasteiger partial charge in [-0.25, -0.2) is 0 Å². The van der Waals surface area contributed by atoms with E-state index in [-0.39, 0.29) is 0 Å². The molecule has 3 nitrogen and oxygen atoms in total. The van der Waals surface area contributed by atoms with Crippen LogP contribution in [-0.2, 0) is 0 Å². The fourth-order valence-electron chi connectivity index (χ4n) is 2.16. The van der Waals surface area contributed by atoms with Crippen molar-refractivity contribution in [3.8, 4) is 11.3 Å². The van der Waals surface area contributed by atoms with Gasteiger partial charge in [-0.05, 0) is 48.0 Å². The van der Waals surface area contributed by atoms with E-state index in [0.717, 1.165) is 11.3 Å². The van der Waals surface area contributed by atoms with E-state index >= 15 is 0 Å². The number of aromatic nitrogens is 1. The first kappa shape index (κ1) is 11.4. The Labute approximate surface area is 106 Å². The maximum atomic E-state index is 9.36. The van der Waals surface area contributed by atoms with Crippen molar-refractivity contribution in [1.82, 2.24) is 4.98 Å². The first-order valence-corrected chi connectivity index (χ1v) is 6.16. The van der Waals surface area contributed by atoms with Crippen molar-refractivity contribution < 1.29 is 10.0 Å². The highest BCUT2D eigenvalue weighted by Crippen LogP contribution is 2.40. The Bertz CT molecular complexity index is 533. The van der Waals surface area contributed by atoms with Crippen LogP contribution in [0.4, 0.5) is 0 Å². The summed E-state index contributed by atoms with van der Waals surface area (Å²) in [6.45, 7) is 0. The predicted octanol–water partition coefficient (Wildman–Crippen LogP) is 1.31. The minimum Gasteiger partial charge on any atom is -0.423 e. The molecule has 0 spiro atoms. The van der Waals surface area contributed by atoms with Crippen LogP contribution >= 0.6 is 0 Å². The molecule has 0 saturated heterocycles. The van der Waals surface area contributed by atoms with Crippen molar-refractivity contribution in [2.24, 2.45) is 0 Å². The van der Waals surface area contributed by atoms with Crippen molar-refractivity contribution in [3.05, 3.63) is 48.2 Å². The van der Waals surface area contributed by atoms with Crippen LogP contribution < -0.4 is 5.46 Å². The van der Waals surface area contributed by atoms with Crippen LogP contribution in [0.25, 0.3) is 11.3 Å². The second-order valence-corrected chi connectivity index (χ2v) is 4.75. The topological polar surface area (TPSA) is 53.4 Å². The van der Waals surface area contributed by atoms with Gasteiger partial charge in [-0.15, -0.1) is 0 Å². The molecule has 2 N–H and O–H groups in total. The zero-order valence-electron chi connectivity index (χ0n) is 9.95. The lowest BCUT2D eigenvalue weighted by Gasteiger charge is -2.08. The molecule has 0 aliphatic heterocycles. The molecule has 90 valence electrons. The van der Waals surface area contributed by atoms with Gasteiger partial charge in [-0.3, -0.25) is 4.98 Å². The van der Waals surface area contributed by atoms with E-state index in [2.05, 4.69) is 11.1 Å². The molecule has 4 heteroatoms. The van der Waals surface area contributed by atoms with E-state index in [4.69, 9.17) is 0 Å². The molecule has 1 heterocycles. The summed E-state index contributed by atoms with van der Waals surface area (Å²) in [4.78, 5) is 4.31. The molecule has 0 unspecified atom stereocenters. The fraction of sp³-hybridized carbons (Fsp3) is 0.214. The number of benzene rings is 1. The maximum absolute atomic E-state index is 9.36. The largest absolute Gasteiger partial charge is 0.488 e. The third-order valence-electron chi connectivity index (χ3n) is 3.29. The van der Waals surface area contributed by atoms with E-state index in [0.29, 0.717) is 11.4 Å². The summed E-state index contributed by atoms with van der Waals surface area (Å²) in [5, 5.41) is 18.7. The quantitative estimate of drug-likeness (QED) is 0.794. The van der Waals surface area contributed by atoms with Crippen LogP contribution in [0.15, 0.2) is 42.6 Å². The second kappa shape index (κ2) is 4.56. The Hall–Kier alpha value is -1.65. The molecule has 0 atom stereocenters. The van der Waals surface area contributed by atoms with E-state index in [9.17, 15) is 10.0 Å². The van der Waals surface area contributed by atoms with Crippen molar-refractivity contribution in [2.75, 3.05) is 0 Å². The summed E-state index contributed by atoms with van der Waals surface area (Å²) in [6, 6.07) is 11.5. The van der Waals surface area contributed by atoms with E-state index < -0.39 is 7.12 Å². The maximum Gasteiger partial charge on any atom is 0.488 e. The van der Waals surface area contributed by atoms with Gasteiger partial charge in [0.15, 0.2) is 0 Å². The molecule has 1 aliphatic carbocycles. The summed E-state index contributed by atoms with van der Waals surface area (Å²) < 4.78 is 0. The van der Waals surface area contributed by atoms with Gasteiger partial charge in [0.05, 0.1) is 5.69 Å². The third kappa shape index (κ3) is 2.30. The lowest BCUT2D eigenvalue weighted by molar-refractivity contribution is 0.425. The normalized spacial score (nSPS) is 14.6. The van der Waals surface area contributed by atoms with Crippen molar-refractivity contribution >= 4 is 12.6 Å². The standard InChI is InChI=1S/C14H14BNO2/c17-15(18)13-8-11(10-4-5-10)7-12(9-13)14-3-1-2-6-16-14/h1-3,6-10,17-18H,4-5H2. The average molecular weight is 239 g/mol. The molecule has 1 aromatic heterocycles. The van der Waals surface area contributed by atoms with Gasteiger partial charge < -0.3 is 10.0 Å². The van der Waals surface area contributed by atoms with Crippen LogP contribution in [0.5, 0.6) is 0 Å². The molecule has 18 heavy (non-hydrogen) atoms. The molecule has 0 bridgehead atoms. The average Bonchev–Trinajstić information content (AvgIpc) is 3.23. The Morgan fingerprint density at radius 2 is 1.94 bits per heavy atom. The SMILES string of the molecule is OB(O)c1cc(-c2ccccn2)cc(C2CC2)c1. The van der Waals surface area contributed by atoms with Crippen molar-refractivity contribution in [3.63, 3.8) is 0 Å². The molecule has 1 saturated carbocycles. The molecule has 3 rings (SSSR count). The van der Waals surface area contributed by atoms with E-state index in [1.165, 1.54) is 18.4 Å². The lowest BCUT2D eigenvalue weighted by Crippen LogP contribution is -2.30. The summed E-state index contributed by atoms with van der Waals surface area (Å²) in [7, 11) is -1.42. The molecule has 1 aliphatic rings. The van der Waals surface area contributed by atoms with Crippen LogP contribution in [0.2, 0.25) is 0 Å². The molecule has 1 aromatic carbocycles. The zero-order valence-corrected chi connectivity index (χ0v) is 9.95. The predicted molar refractivity (Wildman–Crippen MR) is 71.5 cm³/mol. The van der Waals surface area contributed by atoms with Gasteiger partial charge in [0, 0.05) is 11.8 Å². The van der Waals surface area contributed by atoms with Gasteiger partial charge in [0.1, 0.15) is 0 Å². The van der Waals surface area contributed by atoms with Gasteiger partial charge in [0.25, 0.3) is 0 Å². The number of hydrogen-bond acceptors (Lipinski definition) is 3. The zero-order chi connectivity index (χ0) is 12.5. The van der Waals surface area contributed by atoms with Crippen LogP contribution in [0.3, 0.4) is 0 Å².